The van der Waals surface area contributed by atoms with Crippen molar-refractivity contribution in [3.05, 3.63) is 28.4 Å². The van der Waals surface area contributed by atoms with Gasteiger partial charge in [-0.3, -0.25) is 10.1 Å². The van der Waals surface area contributed by atoms with E-state index in [0.717, 1.165) is 0 Å². The lowest BCUT2D eigenvalue weighted by molar-refractivity contribution is -0.384. The largest absolute Gasteiger partial charge is 0.360 e. The van der Waals surface area contributed by atoms with E-state index in [1.165, 1.54) is 18.3 Å². The van der Waals surface area contributed by atoms with Crippen molar-refractivity contribution in [3.8, 4) is 0 Å². The summed E-state index contributed by atoms with van der Waals surface area (Å²) in [4.78, 5) is 14.4. The lowest BCUT2D eigenvalue weighted by atomic mass is 9.87. The Bertz CT molecular complexity index is 401. The van der Waals surface area contributed by atoms with E-state index >= 15 is 0 Å². The molecule has 1 atom stereocenters. The minimum Gasteiger partial charge on any atom is -0.360 e. The van der Waals surface area contributed by atoms with Gasteiger partial charge in [-0.25, -0.2) is 4.98 Å². The Labute approximate surface area is 100 Å². The summed E-state index contributed by atoms with van der Waals surface area (Å²) in [6, 6.07) is 2.89. The van der Waals surface area contributed by atoms with Crippen molar-refractivity contribution in [2.45, 2.75) is 26.8 Å². The maximum absolute atomic E-state index is 10.8. The molecule has 0 aromatic carbocycles. The molecule has 0 saturated heterocycles. The molecule has 1 aromatic heterocycles. The topological polar surface area (TPSA) is 94.1 Å². The van der Waals surface area contributed by atoms with Crippen LogP contribution in [0.4, 0.5) is 11.5 Å². The van der Waals surface area contributed by atoms with Crippen LogP contribution in [0.15, 0.2) is 18.3 Å². The smallest absolute Gasteiger partial charge is 0.311 e. The van der Waals surface area contributed by atoms with Gasteiger partial charge in [0.25, 0.3) is 0 Å². The van der Waals surface area contributed by atoms with Crippen LogP contribution < -0.4 is 11.1 Å². The van der Waals surface area contributed by atoms with E-state index in [-0.39, 0.29) is 23.0 Å². The predicted molar refractivity (Wildman–Crippen MR) is 66.8 cm³/mol. The summed E-state index contributed by atoms with van der Waals surface area (Å²) in [5.41, 5.74) is 5.54. The van der Waals surface area contributed by atoms with E-state index in [1.807, 2.05) is 20.8 Å². The fraction of sp³-hybridized carbons (Fsp3) is 0.545. The average Bonchev–Trinajstić information content (AvgIpc) is 2.24. The van der Waals surface area contributed by atoms with Crippen LogP contribution >= 0.6 is 0 Å². The molecule has 17 heavy (non-hydrogen) atoms. The minimum absolute atomic E-state index is 0.0322. The van der Waals surface area contributed by atoms with Gasteiger partial charge in [-0.15, -0.1) is 0 Å². The van der Waals surface area contributed by atoms with Crippen LogP contribution in [0.2, 0.25) is 0 Å². The number of rotatable bonds is 4. The number of nitrogens with one attached hydrogen (secondary N) is 1. The number of nitrogens with two attached hydrogens (primary N) is 1. The fourth-order valence-corrected chi connectivity index (χ4v) is 1.45. The van der Waals surface area contributed by atoms with E-state index in [2.05, 4.69) is 10.3 Å². The SMILES string of the molecule is CC(C)(C)C(CN)Nc1ncccc1[N+](=O)[O-]. The molecule has 0 saturated carbocycles. The zero-order valence-corrected chi connectivity index (χ0v) is 10.3. The zero-order valence-electron chi connectivity index (χ0n) is 10.3. The molecule has 0 spiro atoms. The highest BCUT2D eigenvalue weighted by molar-refractivity contribution is 5.55. The van der Waals surface area contributed by atoms with Crippen LogP contribution in [-0.4, -0.2) is 22.5 Å². The van der Waals surface area contributed by atoms with Crippen LogP contribution in [0, 0.1) is 15.5 Å². The number of anilines is 1. The number of hydrogen-bond donors (Lipinski definition) is 2. The van der Waals surface area contributed by atoms with Crippen molar-refractivity contribution in [3.63, 3.8) is 0 Å². The van der Waals surface area contributed by atoms with Gasteiger partial charge in [0.2, 0.25) is 5.82 Å². The second-order valence-electron chi connectivity index (χ2n) is 4.93. The van der Waals surface area contributed by atoms with Crippen LogP contribution in [0.3, 0.4) is 0 Å². The summed E-state index contributed by atoms with van der Waals surface area (Å²) in [5, 5.41) is 13.9. The van der Waals surface area contributed by atoms with Crippen molar-refractivity contribution in [1.29, 1.82) is 0 Å². The fourth-order valence-electron chi connectivity index (χ4n) is 1.45. The van der Waals surface area contributed by atoms with Crippen LogP contribution in [-0.2, 0) is 0 Å². The van der Waals surface area contributed by atoms with Gasteiger partial charge in [-0.05, 0) is 11.5 Å². The van der Waals surface area contributed by atoms with Crippen LogP contribution in [0.5, 0.6) is 0 Å². The first-order valence-electron chi connectivity index (χ1n) is 5.42. The summed E-state index contributed by atoms with van der Waals surface area (Å²) in [7, 11) is 0. The predicted octanol–water partition coefficient (Wildman–Crippen LogP) is 1.78. The van der Waals surface area contributed by atoms with Crippen molar-refractivity contribution in [2.75, 3.05) is 11.9 Å². The highest BCUT2D eigenvalue weighted by Crippen LogP contribution is 2.26. The Balaban J connectivity index is 2.98. The van der Waals surface area contributed by atoms with Gasteiger partial charge >= 0.3 is 5.69 Å². The van der Waals surface area contributed by atoms with Crippen LogP contribution in [0.1, 0.15) is 20.8 Å². The number of nitrogens with zero attached hydrogens (tertiary/aromatic N) is 2. The van der Waals surface area contributed by atoms with Crippen molar-refractivity contribution >= 4 is 11.5 Å². The molecule has 0 aliphatic heterocycles. The summed E-state index contributed by atoms with van der Waals surface area (Å²) in [5.74, 6) is 0.267. The number of hydrogen-bond acceptors (Lipinski definition) is 5. The standard InChI is InChI=1S/C11H18N4O2/c1-11(2,3)9(7-12)14-10-8(15(16)17)5-4-6-13-10/h4-6,9H,7,12H2,1-3H3,(H,13,14). The molecule has 1 unspecified atom stereocenters. The normalized spacial score (nSPS) is 13.2. The quantitative estimate of drug-likeness (QED) is 0.616. The van der Waals surface area contributed by atoms with E-state index in [1.54, 1.807) is 0 Å². The molecule has 0 fully saturated rings. The van der Waals surface area contributed by atoms with Crippen molar-refractivity contribution in [1.82, 2.24) is 4.98 Å². The van der Waals surface area contributed by atoms with Crippen LogP contribution in [0.25, 0.3) is 0 Å². The Kier molecular flexibility index (Phi) is 4.01. The third kappa shape index (κ3) is 3.39. The molecule has 0 radical (unpaired) electrons. The van der Waals surface area contributed by atoms with Gasteiger partial charge in [0.15, 0.2) is 0 Å². The molecule has 6 heteroatoms. The first kappa shape index (κ1) is 13.4. The molecule has 0 amide bonds. The molecule has 1 heterocycles. The van der Waals surface area contributed by atoms with E-state index < -0.39 is 4.92 Å². The van der Waals surface area contributed by atoms with E-state index in [9.17, 15) is 10.1 Å². The molecule has 0 bridgehead atoms. The Hall–Kier alpha value is -1.69. The third-order valence-electron chi connectivity index (χ3n) is 2.58. The second kappa shape index (κ2) is 5.09. The van der Waals surface area contributed by atoms with Gasteiger partial charge in [-0.2, -0.15) is 0 Å². The molecule has 1 rings (SSSR count). The Morgan fingerprint density at radius 3 is 2.71 bits per heavy atom. The maximum atomic E-state index is 10.8. The molecular weight excluding hydrogens is 220 g/mol. The first-order valence-corrected chi connectivity index (χ1v) is 5.42. The van der Waals surface area contributed by atoms with Gasteiger partial charge in [-0.1, -0.05) is 20.8 Å². The lowest BCUT2D eigenvalue weighted by Gasteiger charge is -2.30. The summed E-state index contributed by atoms with van der Waals surface area (Å²) in [6.07, 6.45) is 1.52. The second-order valence-corrected chi connectivity index (χ2v) is 4.93. The van der Waals surface area contributed by atoms with E-state index in [4.69, 9.17) is 5.73 Å². The minimum atomic E-state index is -0.453. The van der Waals surface area contributed by atoms with Gasteiger partial charge in [0, 0.05) is 24.8 Å². The molecule has 94 valence electrons. The average molecular weight is 238 g/mol. The number of aromatic nitrogens is 1. The van der Waals surface area contributed by atoms with Crippen molar-refractivity contribution in [2.24, 2.45) is 11.1 Å². The van der Waals surface area contributed by atoms with Gasteiger partial charge in [0.05, 0.1) is 4.92 Å². The highest BCUT2D eigenvalue weighted by atomic mass is 16.6. The molecule has 0 aliphatic carbocycles. The lowest BCUT2D eigenvalue weighted by Crippen LogP contribution is -2.40. The number of nitro groups is 1. The summed E-state index contributed by atoms with van der Waals surface area (Å²) >= 11 is 0. The number of pyridine rings is 1. The van der Waals surface area contributed by atoms with E-state index in [0.29, 0.717) is 6.54 Å². The highest BCUT2D eigenvalue weighted by Gasteiger charge is 2.26. The summed E-state index contributed by atoms with van der Waals surface area (Å²) < 4.78 is 0. The maximum Gasteiger partial charge on any atom is 0.311 e. The molecular formula is C11H18N4O2. The monoisotopic (exact) mass is 238 g/mol. The molecule has 0 aliphatic rings. The third-order valence-corrected chi connectivity index (χ3v) is 2.58. The zero-order chi connectivity index (χ0) is 13.1. The summed E-state index contributed by atoms with van der Waals surface area (Å²) in [6.45, 7) is 6.45. The molecule has 1 aromatic rings. The Morgan fingerprint density at radius 1 is 1.59 bits per heavy atom. The molecule has 3 N–H and O–H groups in total. The van der Waals surface area contributed by atoms with Crippen molar-refractivity contribution < 1.29 is 4.92 Å². The van der Waals surface area contributed by atoms with Gasteiger partial charge in [0.1, 0.15) is 0 Å². The molecule has 6 nitrogen and oxygen atoms in total. The first-order chi connectivity index (χ1) is 7.86. The Morgan fingerprint density at radius 2 is 2.24 bits per heavy atom. The van der Waals surface area contributed by atoms with Gasteiger partial charge < -0.3 is 11.1 Å².